The summed E-state index contributed by atoms with van der Waals surface area (Å²) in [5.41, 5.74) is -0.427. The van der Waals surface area contributed by atoms with E-state index in [4.69, 9.17) is 5.26 Å². The Labute approximate surface area is 113 Å². The molecule has 0 spiro atoms. The van der Waals surface area contributed by atoms with E-state index < -0.39 is 5.54 Å². The van der Waals surface area contributed by atoms with Gasteiger partial charge in [0.15, 0.2) is 0 Å². The van der Waals surface area contributed by atoms with E-state index in [1.165, 1.54) is 6.07 Å². The molecular formula is C14H19FN2S. The summed E-state index contributed by atoms with van der Waals surface area (Å²) in [5.74, 6) is 0.765. The van der Waals surface area contributed by atoms with Gasteiger partial charge in [-0.25, -0.2) is 4.39 Å². The second-order valence-electron chi connectivity index (χ2n) is 4.46. The Morgan fingerprint density at radius 2 is 2.22 bits per heavy atom. The Morgan fingerprint density at radius 1 is 1.44 bits per heavy atom. The molecule has 98 valence electrons. The van der Waals surface area contributed by atoms with E-state index in [9.17, 15) is 4.39 Å². The summed E-state index contributed by atoms with van der Waals surface area (Å²) in [7, 11) is 1.81. The number of nitrogens with one attached hydrogen (secondary N) is 1. The molecule has 1 aromatic rings. The molecule has 2 nitrogen and oxygen atoms in total. The molecule has 1 aromatic carbocycles. The van der Waals surface area contributed by atoms with Gasteiger partial charge in [0.05, 0.1) is 6.07 Å². The van der Waals surface area contributed by atoms with Crippen LogP contribution < -0.4 is 5.32 Å². The average molecular weight is 266 g/mol. The third-order valence-corrected chi connectivity index (χ3v) is 4.01. The largest absolute Gasteiger partial charge is 0.303 e. The van der Waals surface area contributed by atoms with Crippen molar-refractivity contribution in [1.82, 2.24) is 5.32 Å². The van der Waals surface area contributed by atoms with Gasteiger partial charge in [-0.2, -0.15) is 5.26 Å². The number of nitrogens with zero attached hydrogens (tertiary/aromatic N) is 1. The Balaban J connectivity index is 2.22. The SMILES string of the molecule is CNC(C)(C#N)CCCCSc1cccc(F)c1. The molecule has 0 aliphatic carbocycles. The van der Waals surface area contributed by atoms with Crippen molar-refractivity contribution in [3.8, 4) is 6.07 Å². The summed E-state index contributed by atoms with van der Waals surface area (Å²) in [6, 6.07) is 8.93. The van der Waals surface area contributed by atoms with Gasteiger partial charge in [0.1, 0.15) is 11.4 Å². The van der Waals surface area contributed by atoms with E-state index in [-0.39, 0.29) is 5.82 Å². The Hall–Kier alpha value is -1.05. The van der Waals surface area contributed by atoms with Gasteiger partial charge in [0, 0.05) is 4.90 Å². The van der Waals surface area contributed by atoms with Crippen LogP contribution in [0.15, 0.2) is 29.2 Å². The predicted molar refractivity (Wildman–Crippen MR) is 74.1 cm³/mol. The number of hydrogen-bond acceptors (Lipinski definition) is 3. The van der Waals surface area contributed by atoms with Gasteiger partial charge in [-0.15, -0.1) is 11.8 Å². The maximum absolute atomic E-state index is 12.9. The lowest BCUT2D eigenvalue weighted by Gasteiger charge is -2.20. The lowest BCUT2D eigenvalue weighted by molar-refractivity contribution is 0.439. The summed E-state index contributed by atoms with van der Waals surface area (Å²) in [6.45, 7) is 1.91. The molecule has 1 atom stereocenters. The van der Waals surface area contributed by atoms with Crippen LogP contribution in [0.3, 0.4) is 0 Å². The number of nitriles is 1. The number of benzene rings is 1. The molecule has 0 amide bonds. The van der Waals surface area contributed by atoms with E-state index in [2.05, 4.69) is 11.4 Å². The first-order valence-corrected chi connectivity index (χ1v) is 7.07. The Bertz CT molecular complexity index is 417. The number of halogens is 1. The van der Waals surface area contributed by atoms with Crippen LogP contribution in [0.2, 0.25) is 0 Å². The van der Waals surface area contributed by atoms with Gasteiger partial charge < -0.3 is 5.32 Å². The molecule has 1 rings (SSSR count). The molecule has 0 saturated carbocycles. The van der Waals surface area contributed by atoms with Crippen LogP contribution >= 0.6 is 11.8 Å². The standard InChI is InChI=1S/C14H19FN2S/c1-14(11-16,17-2)8-3-4-9-18-13-7-5-6-12(15)10-13/h5-7,10,17H,3-4,8-9H2,1-2H3. The lowest BCUT2D eigenvalue weighted by atomic mass is 9.97. The highest BCUT2D eigenvalue weighted by molar-refractivity contribution is 7.99. The van der Waals surface area contributed by atoms with E-state index in [1.54, 1.807) is 23.9 Å². The smallest absolute Gasteiger partial charge is 0.124 e. The summed E-state index contributed by atoms with van der Waals surface area (Å²) in [4.78, 5) is 0.965. The number of thioether (sulfide) groups is 1. The monoisotopic (exact) mass is 266 g/mol. The normalized spacial score (nSPS) is 13.9. The minimum absolute atomic E-state index is 0.188. The van der Waals surface area contributed by atoms with Crippen LogP contribution in [-0.4, -0.2) is 18.3 Å². The van der Waals surface area contributed by atoms with E-state index >= 15 is 0 Å². The van der Waals surface area contributed by atoms with Gasteiger partial charge >= 0.3 is 0 Å². The summed E-state index contributed by atoms with van der Waals surface area (Å²) in [6.07, 6.45) is 2.86. The first-order chi connectivity index (χ1) is 8.59. The number of rotatable bonds is 7. The van der Waals surface area contributed by atoms with E-state index in [0.717, 1.165) is 29.9 Å². The first kappa shape index (κ1) is 15.0. The van der Waals surface area contributed by atoms with Crippen molar-refractivity contribution in [3.63, 3.8) is 0 Å². The molecule has 0 aromatic heterocycles. The van der Waals surface area contributed by atoms with Crippen LogP contribution in [0.5, 0.6) is 0 Å². The van der Waals surface area contributed by atoms with Crippen molar-refractivity contribution >= 4 is 11.8 Å². The Morgan fingerprint density at radius 3 is 2.83 bits per heavy atom. The zero-order valence-corrected chi connectivity index (χ0v) is 11.7. The molecule has 0 aliphatic heterocycles. The van der Waals surface area contributed by atoms with Gasteiger partial charge in [-0.1, -0.05) is 6.07 Å². The molecule has 1 unspecified atom stereocenters. The second kappa shape index (κ2) is 7.40. The first-order valence-electron chi connectivity index (χ1n) is 6.08. The van der Waals surface area contributed by atoms with Crippen LogP contribution in [0.4, 0.5) is 4.39 Å². The van der Waals surface area contributed by atoms with Crippen LogP contribution in [0.25, 0.3) is 0 Å². The molecule has 0 saturated heterocycles. The maximum Gasteiger partial charge on any atom is 0.124 e. The van der Waals surface area contributed by atoms with Crippen LogP contribution in [0.1, 0.15) is 26.2 Å². The van der Waals surface area contributed by atoms with Crippen molar-refractivity contribution in [2.45, 2.75) is 36.6 Å². The molecule has 1 N–H and O–H groups in total. The topological polar surface area (TPSA) is 35.8 Å². The van der Waals surface area contributed by atoms with Gasteiger partial charge in [0.2, 0.25) is 0 Å². The van der Waals surface area contributed by atoms with E-state index in [1.807, 2.05) is 20.0 Å². The highest BCUT2D eigenvalue weighted by atomic mass is 32.2. The molecule has 0 aliphatic rings. The zero-order chi connectivity index (χ0) is 13.4. The molecular weight excluding hydrogens is 247 g/mol. The summed E-state index contributed by atoms with van der Waals surface area (Å²) in [5, 5.41) is 12.0. The summed E-state index contributed by atoms with van der Waals surface area (Å²) >= 11 is 1.66. The molecule has 0 radical (unpaired) electrons. The van der Waals surface area contributed by atoms with Gasteiger partial charge in [-0.3, -0.25) is 0 Å². The number of unbranched alkanes of at least 4 members (excludes halogenated alkanes) is 1. The molecule has 0 fully saturated rings. The van der Waals surface area contributed by atoms with Crippen molar-refractivity contribution in [1.29, 1.82) is 5.26 Å². The van der Waals surface area contributed by atoms with Gasteiger partial charge in [-0.05, 0) is 57.2 Å². The highest BCUT2D eigenvalue weighted by Crippen LogP contribution is 2.21. The quantitative estimate of drug-likeness (QED) is 0.605. The molecule has 0 bridgehead atoms. The molecule has 4 heteroatoms. The lowest BCUT2D eigenvalue weighted by Crippen LogP contribution is -2.37. The van der Waals surface area contributed by atoms with Gasteiger partial charge in [0.25, 0.3) is 0 Å². The number of hydrogen-bond donors (Lipinski definition) is 1. The van der Waals surface area contributed by atoms with Crippen molar-refractivity contribution in [2.75, 3.05) is 12.8 Å². The maximum atomic E-state index is 12.9. The van der Waals surface area contributed by atoms with E-state index in [0.29, 0.717) is 0 Å². The predicted octanol–water partition coefficient (Wildman–Crippen LogP) is 3.59. The summed E-state index contributed by atoms with van der Waals surface area (Å²) < 4.78 is 12.9. The second-order valence-corrected chi connectivity index (χ2v) is 5.63. The molecule has 18 heavy (non-hydrogen) atoms. The minimum atomic E-state index is -0.427. The fourth-order valence-electron chi connectivity index (χ4n) is 1.56. The average Bonchev–Trinajstić information content (AvgIpc) is 2.38. The van der Waals surface area contributed by atoms with Crippen LogP contribution in [0, 0.1) is 17.1 Å². The zero-order valence-electron chi connectivity index (χ0n) is 10.9. The van der Waals surface area contributed by atoms with Crippen LogP contribution in [-0.2, 0) is 0 Å². The third kappa shape index (κ3) is 5.07. The van der Waals surface area contributed by atoms with Crippen molar-refractivity contribution in [2.24, 2.45) is 0 Å². The third-order valence-electron chi connectivity index (χ3n) is 2.93. The van der Waals surface area contributed by atoms with Crippen molar-refractivity contribution in [3.05, 3.63) is 30.1 Å². The van der Waals surface area contributed by atoms with Crippen molar-refractivity contribution < 1.29 is 4.39 Å². The highest BCUT2D eigenvalue weighted by Gasteiger charge is 2.19. The Kier molecular flexibility index (Phi) is 6.17. The fourth-order valence-corrected chi connectivity index (χ4v) is 2.52. The minimum Gasteiger partial charge on any atom is -0.303 e. The fraction of sp³-hybridized carbons (Fsp3) is 0.500. The molecule has 0 heterocycles.